The van der Waals surface area contributed by atoms with Crippen molar-refractivity contribution in [2.75, 3.05) is 0 Å². The largest absolute Gasteiger partial charge is 0.383 e. The molecule has 0 aliphatic heterocycles. The van der Waals surface area contributed by atoms with Gasteiger partial charge >= 0.3 is 0 Å². The second-order valence-corrected chi connectivity index (χ2v) is 5.42. The smallest absolute Gasteiger partial charge is 0.113 e. The molecule has 1 aromatic carbocycles. The topological polar surface area (TPSA) is 20.2 Å². The van der Waals surface area contributed by atoms with Gasteiger partial charge in [-0.15, -0.1) is 11.3 Å². The average molecular weight is 304 g/mol. The van der Waals surface area contributed by atoms with Crippen molar-refractivity contribution >= 4 is 38.9 Å². The Morgan fingerprint density at radius 3 is 2.47 bits per heavy atom. The van der Waals surface area contributed by atoms with E-state index in [1.807, 2.05) is 23.6 Å². The Bertz CT molecular complexity index is 452. The van der Waals surface area contributed by atoms with E-state index in [0.717, 1.165) is 14.9 Å². The van der Waals surface area contributed by atoms with E-state index in [1.54, 1.807) is 12.1 Å². The standard InChI is InChI=1S/C11H8BrClOS/c12-8-5-10(15-6-8)11(14)7-1-3-9(13)4-2-7/h1-6,11,14H. The third kappa shape index (κ3) is 2.61. The second-order valence-electron chi connectivity index (χ2n) is 3.12. The molecule has 0 radical (unpaired) electrons. The van der Waals surface area contributed by atoms with Gasteiger partial charge in [-0.05, 0) is 39.7 Å². The number of hydrogen-bond donors (Lipinski definition) is 1. The maximum Gasteiger partial charge on any atom is 0.113 e. The van der Waals surface area contributed by atoms with Gasteiger partial charge in [0, 0.05) is 19.8 Å². The van der Waals surface area contributed by atoms with Gasteiger partial charge in [-0.2, -0.15) is 0 Å². The molecular weight excluding hydrogens is 296 g/mol. The predicted octanol–water partition coefficient (Wildman–Crippen LogP) is 4.25. The molecule has 0 fully saturated rings. The quantitative estimate of drug-likeness (QED) is 0.879. The van der Waals surface area contributed by atoms with E-state index in [2.05, 4.69) is 15.9 Å². The van der Waals surface area contributed by atoms with Crippen LogP contribution in [0.2, 0.25) is 5.02 Å². The summed E-state index contributed by atoms with van der Waals surface area (Å²) in [5.74, 6) is 0. The Morgan fingerprint density at radius 2 is 1.93 bits per heavy atom. The number of benzene rings is 1. The first-order chi connectivity index (χ1) is 7.16. The van der Waals surface area contributed by atoms with Gasteiger partial charge < -0.3 is 5.11 Å². The lowest BCUT2D eigenvalue weighted by Crippen LogP contribution is -1.95. The lowest BCUT2D eigenvalue weighted by Gasteiger charge is -2.08. The predicted molar refractivity (Wildman–Crippen MR) is 67.5 cm³/mol. The van der Waals surface area contributed by atoms with Crippen LogP contribution in [0.4, 0.5) is 0 Å². The van der Waals surface area contributed by atoms with E-state index in [-0.39, 0.29) is 0 Å². The van der Waals surface area contributed by atoms with Crippen LogP contribution in [-0.2, 0) is 0 Å². The number of halogens is 2. The molecule has 15 heavy (non-hydrogen) atoms. The van der Waals surface area contributed by atoms with E-state index in [0.29, 0.717) is 5.02 Å². The summed E-state index contributed by atoms with van der Waals surface area (Å²) >= 11 is 10.7. The molecular formula is C11H8BrClOS. The van der Waals surface area contributed by atoms with Crippen molar-refractivity contribution in [3.8, 4) is 0 Å². The van der Waals surface area contributed by atoms with Crippen LogP contribution < -0.4 is 0 Å². The van der Waals surface area contributed by atoms with Gasteiger partial charge in [-0.3, -0.25) is 0 Å². The maximum absolute atomic E-state index is 10.0. The number of aliphatic hydroxyl groups is 1. The van der Waals surface area contributed by atoms with Gasteiger partial charge in [-0.25, -0.2) is 0 Å². The molecule has 2 rings (SSSR count). The lowest BCUT2D eigenvalue weighted by molar-refractivity contribution is 0.224. The molecule has 0 spiro atoms. The Labute approximate surface area is 105 Å². The fraction of sp³-hybridized carbons (Fsp3) is 0.0909. The number of thiophene rings is 1. The van der Waals surface area contributed by atoms with Crippen molar-refractivity contribution in [2.45, 2.75) is 6.10 Å². The first kappa shape index (κ1) is 11.1. The summed E-state index contributed by atoms with van der Waals surface area (Å²) in [6, 6.07) is 9.15. The lowest BCUT2D eigenvalue weighted by atomic mass is 10.1. The molecule has 2 aromatic rings. The Kier molecular flexibility index (Phi) is 3.46. The molecule has 1 heterocycles. The maximum atomic E-state index is 10.0. The van der Waals surface area contributed by atoms with Crippen molar-refractivity contribution in [3.63, 3.8) is 0 Å². The molecule has 0 saturated carbocycles. The van der Waals surface area contributed by atoms with Crippen LogP contribution in [0, 0.1) is 0 Å². The molecule has 78 valence electrons. The van der Waals surface area contributed by atoms with Crippen molar-refractivity contribution in [1.29, 1.82) is 0 Å². The molecule has 0 bridgehead atoms. The van der Waals surface area contributed by atoms with Crippen LogP contribution in [0.5, 0.6) is 0 Å². The summed E-state index contributed by atoms with van der Waals surface area (Å²) in [6.45, 7) is 0. The third-order valence-electron chi connectivity index (χ3n) is 2.04. The first-order valence-electron chi connectivity index (χ1n) is 4.34. The second kappa shape index (κ2) is 4.66. The van der Waals surface area contributed by atoms with Gasteiger partial charge in [0.1, 0.15) is 6.10 Å². The normalized spacial score (nSPS) is 12.7. The molecule has 1 nitrogen and oxygen atoms in total. The van der Waals surface area contributed by atoms with Gasteiger partial charge in [0.2, 0.25) is 0 Å². The monoisotopic (exact) mass is 302 g/mol. The van der Waals surface area contributed by atoms with Crippen LogP contribution in [0.1, 0.15) is 16.5 Å². The van der Waals surface area contributed by atoms with E-state index >= 15 is 0 Å². The summed E-state index contributed by atoms with van der Waals surface area (Å²) in [5, 5.41) is 12.7. The molecule has 0 aliphatic rings. The summed E-state index contributed by atoms with van der Waals surface area (Å²) < 4.78 is 0.996. The molecule has 1 aromatic heterocycles. The first-order valence-corrected chi connectivity index (χ1v) is 6.39. The SMILES string of the molecule is OC(c1ccc(Cl)cc1)c1cc(Br)cs1. The molecule has 4 heteroatoms. The average Bonchev–Trinajstić information content (AvgIpc) is 2.65. The Morgan fingerprint density at radius 1 is 1.27 bits per heavy atom. The molecule has 1 unspecified atom stereocenters. The zero-order valence-corrected chi connectivity index (χ0v) is 10.8. The van der Waals surface area contributed by atoms with Crippen LogP contribution in [0.25, 0.3) is 0 Å². The van der Waals surface area contributed by atoms with Crippen LogP contribution in [-0.4, -0.2) is 5.11 Å². The summed E-state index contributed by atoms with van der Waals surface area (Å²) in [4.78, 5) is 0.921. The highest BCUT2D eigenvalue weighted by Gasteiger charge is 2.12. The van der Waals surface area contributed by atoms with Gasteiger partial charge in [-0.1, -0.05) is 23.7 Å². The minimum atomic E-state index is -0.571. The molecule has 1 N–H and O–H groups in total. The van der Waals surface area contributed by atoms with Gasteiger partial charge in [0.15, 0.2) is 0 Å². The summed E-state index contributed by atoms with van der Waals surface area (Å²) in [5.41, 5.74) is 0.855. The van der Waals surface area contributed by atoms with E-state index in [9.17, 15) is 5.11 Å². The number of rotatable bonds is 2. The Balaban J connectivity index is 2.28. The highest BCUT2D eigenvalue weighted by Crippen LogP contribution is 2.30. The van der Waals surface area contributed by atoms with Crippen LogP contribution in [0.3, 0.4) is 0 Å². The van der Waals surface area contributed by atoms with Crippen molar-refractivity contribution in [2.24, 2.45) is 0 Å². The van der Waals surface area contributed by atoms with Crippen molar-refractivity contribution < 1.29 is 5.11 Å². The molecule has 0 aliphatic carbocycles. The molecule has 0 saturated heterocycles. The van der Waals surface area contributed by atoms with Crippen LogP contribution >= 0.6 is 38.9 Å². The third-order valence-corrected chi connectivity index (χ3v) is 4.04. The Hall–Kier alpha value is -0.350. The molecule has 1 atom stereocenters. The highest BCUT2D eigenvalue weighted by molar-refractivity contribution is 9.10. The zero-order valence-electron chi connectivity index (χ0n) is 7.65. The van der Waals surface area contributed by atoms with Crippen molar-refractivity contribution in [1.82, 2.24) is 0 Å². The van der Waals surface area contributed by atoms with Crippen molar-refractivity contribution in [3.05, 3.63) is 55.6 Å². The fourth-order valence-corrected chi connectivity index (χ4v) is 2.86. The number of hydrogen-bond acceptors (Lipinski definition) is 2. The minimum absolute atomic E-state index is 0.571. The van der Waals surface area contributed by atoms with Crippen LogP contribution in [0.15, 0.2) is 40.2 Å². The van der Waals surface area contributed by atoms with Gasteiger partial charge in [0.05, 0.1) is 0 Å². The van der Waals surface area contributed by atoms with E-state index in [1.165, 1.54) is 11.3 Å². The van der Waals surface area contributed by atoms with E-state index in [4.69, 9.17) is 11.6 Å². The minimum Gasteiger partial charge on any atom is -0.383 e. The number of aliphatic hydroxyl groups excluding tert-OH is 1. The summed E-state index contributed by atoms with van der Waals surface area (Å²) in [7, 11) is 0. The zero-order chi connectivity index (χ0) is 10.8. The fourth-order valence-electron chi connectivity index (χ4n) is 1.28. The van der Waals surface area contributed by atoms with E-state index < -0.39 is 6.10 Å². The molecule has 0 amide bonds. The highest BCUT2D eigenvalue weighted by atomic mass is 79.9. The van der Waals surface area contributed by atoms with Gasteiger partial charge in [0.25, 0.3) is 0 Å². The summed E-state index contributed by atoms with van der Waals surface area (Å²) in [6.07, 6.45) is -0.571.